The Hall–Kier alpha value is -0.840. The average Bonchev–Trinajstić information content (AvgIpc) is 3.03. The lowest BCUT2D eigenvalue weighted by molar-refractivity contribution is -0.680. The van der Waals surface area contributed by atoms with Crippen molar-refractivity contribution in [2.24, 2.45) is 7.05 Å². The van der Waals surface area contributed by atoms with Crippen molar-refractivity contribution in [1.29, 1.82) is 0 Å². The predicted molar refractivity (Wildman–Crippen MR) is 110 cm³/mol. The molecule has 0 unspecified atom stereocenters. The summed E-state index contributed by atoms with van der Waals surface area (Å²) < 4.78 is 4.98. The highest BCUT2D eigenvalue weighted by Crippen LogP contribution is 2.51. The van der Waals surface area contributed by atoms with E-state index in [2.05, 4.69) is 40.7 Å². The minimum atomic E-state index is 0. The zero-order valence-corrected chi connectivity index (χ0v) is 17.4. The minimum absolute atomic E-state index is 0. The summed E-state index contributed by atoms with van der Waals surface area (Å²) in [6.07, 6.45) is 13.7. The van der Waals surface area contributed by atoms with Gasteiger partial charge in [0.2, 0.25) is 6.33 Å². The lowest BCUT2D eigenvalue weighted by Gasteiger charge is -2.38. The van der Waals surface area contributed by atoms with Crippen molar-refractivity contribution < 1.29 is 4.57 Å². The van der Waals surface area contributed by atoms with E-state index < -0.39 is 0 Å². The molecule has 2 nitrogen and oxygen atoms in total. The van der Waals surface area contributed by atoms with Gasteiger partial charge in [-0.2, -0.15) is 4.57 Å². The summed E-state index contributed by atoms with van der Waals surface area (Å²) in [6.45, 7) is 0. The molecule has 4 bridgehead atoms. The molecule has 6 aliphatic carbocycles. The van der Waals surface area contributed by atoms with Crippen LogP contribution >= 0.6 is 24.0 Å². The van der Waals surface area contributed by atoms with Gasteiger partial charge in [-0.15, -0.1) is 24.0 Å². The van der Waals surface area contributed by atoms with Gasteiger partial charge >= 0.3 is 0 Å². The Morgan fingerprint density at radius 3 is 2.12 bits per heavy atom. The minimum Gasteiger partial charge on any atom is -0.236 e. The van der Waals surface area contributed by atoms with E-state index >= 15 is 0 Å². The van der Waals surface area contributed by atoms with Crippen LogP contribution in [0.25, 0.3) is 5.69 Å². The monoisotopic (exact) mass is 447 g/mol. The number of nitrogens with zero attached hydrogens (tertiary/aromatic N) is 2. The first kappa shape index (κ1) is 16.3. The number of fused-ring (bicyclic) bond motifs is 4. The van der Waals surface area contributed by atoms with Crippen LogP contribution in [0.2, 0.25) is 0 Å². The molecule has 2 fully saturated rings. The standard InChI is InChI=1S/C22H27N2.HI/c1-23-13-24(22-17-8-6-16(7-9-17)21(22)23)18-10-11-19-14-2-4-15(5-3-14)20(19)12-18;/h10-17H,2-9H2,1H3;1H/q+1;. The molecule has 0 atom stereocenters. The quantitative estimate of drug-likeness (QED) is 0.407. The molecular formula is C22H28IN2+. The zero-order valence-electron chi connectivity index (χ0n) is 15.1. The van der Waals surface area contributed by atoms with Crippen LogP contribution in [0.5, 0.6) is 0 Å². The summed E-state index contributed by atoms with van der Waals surface area (Å²) in [5.41, 5.74) is 8.05. The first-order valence-corrected chi connectivity index (χ1v) is 10.0. The summed E-state index contributed by atoms with van der Waals surface area (Å²) in [5.74, 6) is 3.29. The van der Waals surface area contributed by atoms with Crippen LogP contribution in [0.4, 0.5) is 0 Å². The smallest absolute Gasteiger partial charge is 0.236 e. The van der Waals surface area contributed by atoms with Crippen molar-refractivity contribution in [1.82, 2.24) is 4.57 Å². The van der Waals surface area contributed by atoms with Crippen molar-refractivity contribution in [2.75, 3.05) is 0 Å². The number of hydrogen-bond acceptors (Lipinski definition) is 0. The van der Waals surface area contributed by atoms with Gasteiger partial charge in [-0.05, 0) is 86.5 Å². The maximum Gasteiger partial charge on any atom is 0.249 e. The third-order valence-electron chi connectivity index (χ3n) is 7.65. The second-order valence-corrected chi connectivity index (χ2v) is 8.78. The Bertz CT molecular complexity index is 821. The van der Waals surface area contributed by atoms with Gasteiger partial charge in [0.05, 0.1) is 7.05 Å². The Morgan fingerprint density at radius 1 is 0.800 bits per heavy atom. The van der Waals surface area contributed by atoms with Crippen LogP contribution < -0.4 is 4.57 Å². The van der Waals surface area contributed by atoms with Crippen LogP contribution in [0.15, 0.2) is 24.5 Å². The first-order valence-electron chi connectivity index (χ1n) is 10.0. The van der Waals surface area contributed by atoms with E-state index in [0.717, 1.165) is 23.7 Å². The largest absolute Gasteiger partial charge is 0.249 e. The zero-order chi connectivity index (χ0) is 15.8. The normalized spacial score (nSPS) is 31.4. The number of aromatic nitrogens is 2. The third kappa shape index (κ3) is 2.23. The number of rotatable bonds is 1. The van der Waals surface area contributed by atoms with Gasteiger partial charge in [0, 0.05) is 11.8 Å². The second-order valence-electron chi connectivity index (χ2n) is 8.78. The molecule has 0 radical (unpaired) electrons. The Morgan fingerprint density at radius 2 is 1.40 bits per heavy atom. The van der Waals surface area contributed by atoms with Crippen molar-refractivity contribution in [2.45, 2.75) is 75.0 Å². The summed E-state index contributed by atoms with van der Waals surface area (Å²) in [4.78, 5) is 0. The second kappa shape index (κ2) is 5.83. The van der Waals surface area contributed by atoms with Crippen LogP contribution in [-0.4, -0.2) is 4.57 Å². The molecular weight excluding hydrogens is 419 g/mol. The van der Waals surface area contributed by atoms with Gasteiger partial charge < -0.3 is 0 Å². The average molecular weight is 447 g/mol. The molecule has 6 aliphatic rings. The molecule has 132 valence electrons. The van der Waals surface area contributed by atoms with Gasteiger partial charge in [-0.1, -0.05) is 6.07 Å². The summed E-state index contributed by atoms with van der Waals surface area (Å²) in [7, 11) is 2.26. The fraction of sp³-hybridized carbons (Fsp3) is 0.591. The molecule has 0 N–H and O–H groups in total. The van der Waals surface area contributed by atoms with E-state index in [1.54, 1.807) is 22.5 Å². The number of aryl methyl sites for hydroxylation is 1. The third-order valence-corrected chi connectivity index (χ3v) is 7.65. The van der Waals surface area contributed by atoms with Crippen LogP contribution in [-0.2, 0) is 7.05 Å². The van der Waals surface area contributed by atoms with Crippen LogP contribution in [0.3, 0.4) is 0 Å². The maximum atomic E-state index is 2.55. The lowest BCUT2D eigenvalue weighted by Crippen LogP contribution is -2.36. The molecule has 1 aromatic heterocycles. The van der Waals surface area contributed by atoms with E-state index in [-0.39, 0.29) is 24.0 Å². The van der Waals surface area contributed by atoms with E-state index in [4.69, 9.17) is 0 Å². The molecule has 0 aliphatic heterocycles. The highest BCUT2D eigenvalue weighted by molar-refractivity contribution is 14.0. The highest BCUT2D eigenvalue weighted by atomic mass is 127. The topological polar surface area (TPSA) is 8.81 Å². The Kier molecular flexibility index (Phi) is 3.81. The van der Waals surface area contributed by atoms with Crippen molar-refractivity contribution in [3.05, 3.63) is 47.0 Å². The van der Waals surface area contributed by atoms with E-state index in [9.17, 15) is 0 Å². The van der Waals surface area contributed by atoms with E-state index in [1.165, 1.54) is 57.1 Å². The van der Waals surface area contributed by atoms with Crippen molar-refractivity contribution in [3.63, 3.8) is 0 Å². The van der Waals surface area contributed by atoms with E-state index in [0.29, 0.717) is 0 Å². The molecule has 3 heteroatoms. The molecule has 0 amide bonds. The Balaban J connectivity index is 0.00000140. The van der Waals surface area contributed by atoms with Crippen LogP contribution in [0, 0.1) is 0 Å². The van der Waals surface area contributed by atoms with Gasteiger partial charge in [-0.3, -0.25) is 0 Å². The predicted octanol–water partition coefficient (Wildman–Crippen LogP) is 5.43. The maximum absolute atomic E-state index is 2.55. The van der Waals surface area contributed by atoms with Gasteiger partial charge in [0.15, 0.2) is 5.69 Å². The molecule has 2 saturated carbocycles. The molecule has 2 aromatic rings. The van der Waals surface area contributed by atoms with Gasteiger partial charge in [0.25, 0.3) is 0 Å². The molecule has 8 rings (SSSR count). The number of benzene rings is 1. The van der Waals surface area contributed by atoms with Gasteiger partial charge in [-0.25, -0.2) is 4.57 Å². The number of hydrogen-bond donors (Lipinski definition) is 0. The fourth-order valence-corrected chi connectivity index (χ4v) is 6.50. The highest BCUT2D eigenvalue weighted by Gasteiger charge is 2.43. The molecule has 0 spiro atoms. The molecule has 1 heterocycles. The molecule has 25 heavy (non-hydrogen) atoms. The van der Waals surface area contributed by atoms with Crippen molar-refractivity contribution in [3.8, 4) is 5.69 Å². The Labute approximate surface area is 167 Å². The van der Waals surface area contributed by atoms with Gasteiger partial charge in [0.1, 0.15) is 11.4 Å². The van der Waals surface area contributed by atoms with E-state index in [1.807, 2.05) is 0 Å². The SMILES string of the molecule is C[n+]1cn(-c2ccc3c(c2)C2CCC3CC2)c2c1C1CCC2CC1.I. The first-order chi connectivity index (χ1) is 11.8. The summed E-state index contributed by atoms with van der Waals surface area (Å²) >= 11 is 0. The molecule has 1 aromatic carbocycles. The summed E-state index contributed by atoms with van der Waals surface area (Å²) in [6, 6.07) is 7.42. The lowest BCUT2D eigenvalue weighted by atomic mass is 9.67. The van der Waals surface area contributed by atoms with Crippen molar-refractivity contribution >= 4 is 24.0 Å². The summed E-state index contributed by atoms with van der Waals surface area (Å²) in [5, 5.41) is 0. The van der Waals surface area contributed by atoms with Crippen LogP contribution in [0.1, 0.15) is 97.6 Å². The number of halogens is 1. The number of imidazole rings is 1. The fourth-order valence-electron chi connectivity index (χ4n) is 6.50. The molecule has 0 saturated heterocycles.